The molecule has 0 aromatic heterocycles. The molecule has 18 nitrogen and oxygen atoms in total. The van der Waals surface area contributed by atoms with Crippen LogP contribution in [0, 0.1) is 11.8 Å². The van der Waals surface area contributed by atoms with Crippen molar-refractivity contribution in [2.24, 2.45) is 34.8 Å². The molecular weight excluding hydrogens is 626 g/mol. The maximum absolute atomic E-state index is 13.2. The zero-order valence-electron chi connectivity index (χ0n) is 26.2. The van der Waals surface area contributed by atoms with Gasteiger partial charge in [0.05, 0.1) is 18.8 Å². The molecular formula is C29H53N5O13. The Morgan fingerprint density at radius 2 is 1.36 bits per heavy atom. The number of ether oxygens (including phenoxy) is 4. The van der Waals surface area contributed by atoms with Crippen molar-refractivity contribution in [2.45, 2.75) is 142 Å². The van der Waals surface area contributed by atoms with Crippen molar-refractivity contribution in [3.63, 3.8) is 0 Å². The topological polar surface area (TPSA) is 332 Å². The summed E-state index contributed by atoms with van der Waals surface area (Å²) in [4.78, 5) is 13.2. The summed E-state index contributed by atoms with van der Waals surface area (Å²) in [5, 5.41) is 88.3. The van der Waals surface area contributed by atoms with Gasteiger partial charge in [-0.1, -0.05) is 0 Å². The van der Waals surface area contributed by atoms with Gasteiger partial charge in [-0.15, -0.1) is 0 Å². The number of rotatable bonds is 12. The maximum atomic E-state index is 13.2. The lowest BCUT2D eigenvalue weighted by Gasteiger charge is -2.49. The summed E-state index contributed by atoms with van der Waals surface area (Å²) in [6, 6.07) is -2.44. The number of ketones is 1. The standard InChI is InChI=1S/C29H53N5O13/c30-12-1-10(2-12)7-34-8-15-20(38)22(40)23(41)28(44-15)47-26-14(32)3-11(4-17(36)29(43)5-13(31)6-29)25(24(26)42)46-27-21(39)18(33)19(37)16(9-35)45-27/h10-16,18-28,34-35,37-43H,1-9,30-33H2/t10?,11-,12?,13?,14-,15+,16+,18-,19+,20+,21+,22-,23+,24+,25-,26?,27+,28+,29?/m0/s1. The van der Waals surface area contributed by atoms with Gasteiger partial charge in [0.15, 0.2) is 18.4 Å². The molecule has 47 heavy (non-hydrogen) atoms. The Kier molecular flexibility index (Phi) is 11.9. The number of aliphatic hydroxyl groups is 8. The van der Waals surface area contributed by atoms with Gasteiger partial charge in [0.1, 0.15) is 60.5 Å². The second-order valence-corrected chi connectivity index (χ2v) is 14.2. The Hall–Kier alpha value is -1.01. The van der Waals surface area contributed by atoms with Crippen LogP contribution in [0.4, 0.5) is 0 Å². The first-order chi connectivity index (χ1) is 22.1. The van der Waals surface area contributed by atoms with Crippen LogP contribution in [-0.4, -0.2) is 170 Å². The number of hydrogen-bond donors (Lipinski definition) is 13. The predicted octanol–water partition coefficient (Wildman–Crippen LogP) is -6.82. The van der Waals surface area contributed by atoms with E-state index in [0.29, 0.717) is 12.5 Å². The summed E-state index contributed by atoms with van der Waals surface area (Å²) in [7, 11) is 0. The minimum atomic E-state index is -1.73. The quantitative estimate of drug-likeness (QED) is 0.0911. The Bertz CT molecular complexity index is 1050. The first kappa shape index (κ1) is 37.3. The molecule has 18 heteroatoms. The molecule has 15 atom stereocenters. The van der Waals surface area contributed by atoms with E-state index in [2.05, 4.69) is 5.32 Å². The smallest absolute Gasteiger partial charge is 0.187 e. The van der Waals surface area contributed by atoms with Gasteiger partial charge in [0.25, 0.3) is 0 Å². The zero-order valence-corrected chi connectivity index (χ0v) is 26.2. The molecule has 2 heterocycles. The third-order valence-electron chi connectivity index (χ3n) is 10.5. The van der Waals surface area contributed by atoms with E-state index >= 15 is 0 Å². The number of Topliss-reactive ketones (excluding diaryl/α,β-unsaturated/α-hetero) is 1. The molecule has 5 fully saturated rings. The van der Waals surface area contributed by atoms with E-state index in [1.54, 1.807) is 0 Å². The molecule has 0 spiro atoms. The van der Waals surface area contributed by atoms with Crippen molar-refractivity contribution in [3.05, 3.63) is 0 Å². The van der Waals surface area contributed by atoms with Gasteiger partial charge in [-0.05, 0) is 50.5 Å². The van der Waals surface area contributed by atoms with Crippen LogP contribution >= 0.6 is 0 Å². The highest BCUT2D eigenvalue weighted by atomic mass is 16.7. The summed E-state index contributed by atoms with van der Waals surface area (Å²) < 4.78 is 23.4. The molecule has 2 aliphatic heterocycles. The number of nitrogens with one attached hydrogen (secondary N) is 1. The van der Waals surface area contributed by atoms with E-state index in [0.717, 1.165) is 12.8 Å². The fourth-order valence-corrected chi connectivity index (χ4v) is 7.49. The molecule has 0 aromatic carbocycles. The number of carbonyl (C=O) groups is 1. The van der Waals surface area contributed by atoms with Gasteiger partial charge >= 0.3 is 0 Å². The highest BCUT2D eigenvalue weighted by Gasteiger charge is 2.54. The van der Waals surface area contributed by atoms with Gasteiger partial charge in [-0.25, -0.2) is 0 Å². The van der Waals surface area contributed by atoms with Crippen LogP contribution in [0.1, 0.15) is 38.5 Å². The Balaban J connectivity index is 1.30. The first-order valence-electron chi connectivity index (χ1n) is 16.4. The molecule has 5 aliphatic rings. The minimum Gasteiger partial charge on any atom is -0.394 e. The van der Waals surface area contributed by atoms with Gasteiger partial charge < -0.3 is 88.1 Å². The van der Waals surface area contributed by atoms with E-state index in [-0.39, 0.29) is 44.3 Å². The summed E-state index contributed by atoms with van der Waals surface area (Å²) in [5.74, 6) is -1.01. The van der Waals surface area contributed by atoms with Gasteiger partial charge in [-0.2, -0.15) is 0 Å². The number of nitrogens with two attached hydrogens (primary N) is 4. The van der Waals surface area contributed by atoms with Gasteiger partial charge in [0, 0.05) is 31.1 Å². The normalized spacial score (nSPS) is 52.0. The number of hydrogen-bond acceptors (Lipinski definition) is 18. The van der Waals surface area contributed by atoms with E-state index in [1.807, 2.05) is 0 Å². The lowest BCUT2D eigenvalue weighted by Crippen LogP contribution is -2.67. The van der Waals surface area contributed by atoms with Crippen molar-refractivity contribution >= 4 is 5.78 Å². The van der Waals surface area contributed by atoms with Gasteiger partial charge in [0.2, 0.25) is 0 Å². The van der Waals surface area contributed by atoms with Crippen molar-refractivity contribution in [2.75, 3.05) is 19.7 Å². The SMILES string of the molecule is NC1CC(CNC[C@H]2O[C@H](OC3[C@@H](N)C[C@@H](CC(=O)C4(O)CC(N)C4)[C@H](O[C@H]4O[C@H](CO)[C@@H](O)[C@H](N)[C@H]4O)[C@H]3O)[C@H](O)[C@@H](O)[C@@H]2O)C1. The van der Waals surface area contributed by atoms with E-state index < -0.39 is 110 Å². The van der Waals surface area contributed by atoms with Crippen LogP contribution in [0.3, 0.4) is 0 Å². The molecule has 0 radical (unpaired) electrons. The van der Waals surface area contributed by atoms with E-state index in [4.69, 9.17) is 41.9 Å². The second-order valence-electron chi connectivity index (χ2n) is 14.2. The monoisotopic (exact) mass is 679 g/mol. The van der Waals surface area contributed by atoms with Crippen LogP contribution in [0.25, 0.3) is 0 Å². The molecule has 3 aliphatic carbocycles. The van der Waals surface area contributed by atoms with Crippen LogP contribution in [0.2, 0.25) is 0 Å². The fraction of sp³-hybridized carbons (Fsp3) is 0.966. The summed E-state index contributed by atoms with van der Waals surface area (Å²) in [6.45, 7) is 0.0763. The molecule has 17 N–H and O–H groups in total. The van der Waals surface area contributed by atoms with Crippen molar-refractivity contribution in [1.82, 2.24) is 5.32 Å². The molecule has 0 amide bonds. The Morgan fingerprint density at radius 1 is 0.745 bits per heavy atom. The average molecular weight is 680 g/mol. The van der Waals surface area contributed by atoms with Crippen molar-refractivity contribution in [3.8, 4) is 0 Å². The van der Waals surface area contributed by atoms with E-state index in [1.165, 1.54) is 0 Å². The molecule has 5 rings (SSSR count). The van der Waals surface area contributed by atoms with Crippen LogP contribution in [-0.2, 0) is 23.7 Å². The van der Waals surface area contributed by atoms with Crippen LogP contribution in [0.5, 0.6) is 0 Å². The largest absolute Gasteiger partial charge is 0.394 e. The third kappa shape index (κ3) is 7.84. The Labute approximate surface area is 272 Å². The summed E-state index contributed by atoms with van der Waals surface area (Å²) in [5.41, 5.74) is 22.4. The van der Waals surface area contributed by atoms with E-state index in [9.17, 15) is 45.6 Å². The van der Waals surface area contributed by atoms with Crippen LogP contribution < -0.4 is 28.3 Å². The first-order valence-corrected chi connectivity index (χ1v) is 16.4. The molecule has 3 saturated carbocycles. The highest BCUT2D eigenvalue weighted by molar-refractivity contribution is 5.88. The summed E-state index contributed by atoms with van der Waals surface area (Å²) >= 11 is 0. The zero-order chi connectivity index (χ0) is 34.4. The lowest BCUT2D eigenvalue weighted by molar-refractivity contribution is -0.335. The molecule has 0 bridgehead atoms. The van der Waals surface area contributed by atoms with Crippen molar-refractivity contribution in [1.29, 1.82) is 0 Å². The molecule has 1 unspecified atom stereocenters. The minimum absolute atomic E-state index is 0.0102. The maximum Gasteiger partial charge on any atom is 0.187 e. The van der Waals surface area contributed by atoms with Crippen LogP contribution in [0.15, 0.2) is 0 Å². The summed E-state index contributed by atoms with van der Waals surface area (Å²) in [6.07, 6.45) is -16.0. The predicted molar refractivity (Wildman–Crippen MR) is 160 cm³/mol. The third-order valence-corrected chi connectivity index (χ3v) is 10.5. The molecule has 2 saturated heterocycles. The second kappa shape index (κ2) is 15.1. The number of carbonyl (C=O) groups excluding carboxylic acids is 1. The number of aliphatic hydroxyl groups excluding tert-OH is 7. The molecule has 272 valence electrons. The fourth-order valence-electron chi connectivity index (χ4n) is 7.49. The Morgan fingerprint density at radius 3 is 1.98 bits per heavy atom. The van der Waals surface area contributed by atoms with Gasteiger partial charge in [-0.3, -0.25) is 4.79 Å². The van der Waals surface area contributed by atoms with Crippen molar-refractivity contribution < 1.29 is 64.6 Å². The highest BCUT2D eigenvalue weighted by Crippen LogP contribution is 2.39. The molecule has 0 aromatic rings. The average Bonchev–Trinajstić information content (AvgIpc) is 2.99. The lowest BCUT2D eigenvalue weighted by atomic mass is 9.69.